The number of rotatable bonds is 0. The van der Waals surface area contributed by atoms with E-state index in [1.54, 1.807) is 0 Å². The van der Waals surface area contributed by atoms with Gasteiger partial charge >= 0.3 is 0 Å². The Morgan fingerprint density at radius 3 is 2.86 bits per heavy atom. The summed E-state index contributed by atoms with van der Waals surface area (Å²) in [6, 6.07) is 2.85. The van der Waals surface area contributed by atoms with Crippen molar-refractivity contribution >= 4 is 0 Å². The van der Waals surface area contributed by atoms with Crippen LogP contribution in [0, 0.1) is 6.42 Å². The van der Waals surface area contributed by atoms with Crippen molar-refractivity contribution in [3.05, 3.63) is 24.1 Å². The topological polar surface area (TPSA) is 49.7 Å². The summed E-state index contributed by atoms with van der Waals surface area (Å²) in [6.07, 6.45) is 2.69. The molecule has 2 rings (SSSR count). The third-order valence-corrected chi connectivity index (χ3v) is 2.14. The molecule has 1 aromatic rings. The summed E-state index contributed by atoms with van der Waals surface area (Å²) in [7, 11) is 0. The average Bonchev–Trinajstić information content (AvgIpc) is 2.02. The molecule has 0 saturated heterocycles. The zero-order valence-corrected chi connectivity index (χ0v) is 10.7. The molecule has 1 aromatic carbocycles. The Kier molecular flexibility index (Phi) is 3.79. The predicted octanol–water partition coefficient (Wildman–Crippen LogP) is 1.62. The van der Waals surface area contributed by atoms with Crippen LogP contribution in [-0.2, 0) is 39.1 Å². The molecule has 0 fully saturated rings. The molecule has 1 unspecified atom stereocenters. The summed E-state index contributed by atoms with van der Waals surface area (Å²) in [5.41, 5.74) is 0.746. The van der Waals surface area contributed by atoms with Gasteiger partial charge in [-0.25, -0.2) is 0 Å². The van der Waals surface area contributed by atoms with E-state index >= 15 is 0 Å². The molecule has 2 N–H and O–H groups in total. The standard InChI is InChI=1S/C10H11O3.Y/c1-6-2-3-8-9(12)4-7(11)5-10(8)13-6;/h2,4-6,11-12H,3H2,1H3;/q-1;. The van der Waals surface area contributed by atoms with E-state index in [1.807, 2.05) is 13.3 Å². The minimum absolute atomic E-state index is 0. The van der Waals surface area contributed by atoms with Gasteiger partial charge in [-0.15, -0.1) is 6.42 Å². The van der Waals surface area contributed by atoms with Crippen LogP contribution < -0.4 is 4.74 Å². The number of fused-ring (bicyclic) bond motifs is 1. The van der Waals surface area contributed by atoms with Crippen LogP contribution in [-0.4, -0.2) is 16.3 Å². The Labute approximate surface area is 108 Å². The second-order valence-corrected chi connectivity index (χ2v) is 3.20. The minimum Gasteiger partial charge on any atom is -0.522 e. The zero-order chi connectivity index (χ0) is 9.42. The molecular formula is C10H11O3Y-. The van der Waals surface area contributed by atoms with E-state index < -0.39 is 0 Å². The first kappa shape index (κ1) is 11.8. The van der Waals surface area contributed by atoms with Crippen LogP contribution in [0.2, 0.25) is 0 Å². The number of ether oxygens (including phenoxy) is 1. The molecule has 73 valence electrons. The summed E-state index contributed by atoms with van der Waals surface area (Å²) in [4.78, 5) is 0. The van der Waals surface area contributed by atoms with Gasteiger partial charge in [0.15, 0.2) is 0 Å². The van der Waals surface area contributed by atoms with Crippen LogP contribution in [0.1, 0.15) is 12.5 Å². The van der Waals surface area contributed by atoms with E-state index in [4.69, 9.17) is 4.74 Å². The van der Waals surface area contributed by atoms with Crippen molar-refractivity contribution in [1.82, 2.24) is 0 Å². The van der Waals surface area contributed by atoms with Gasteiger partial charge in [0.1, 0.15) is 17.2 Å². The van der Waals surface area contributed by atoms with Crippen molar-refractivity contribution in [2.75, 3.05) is 0 Å². The van der Waals surface area contributed by atoms with E-state index in [9.17, 15) is 10.2 Å². The molecule has 4 heteroatoms. The minimum atomic E-state index is 0. The molecular weight excluding hydrogens is 257 g/mol. The average molecular weight is 268 g/mol. The van der Waals surface area contributed by atoms with Gasteiger partial charge in [-0.3, -0.25) is 6.42 Å². The predicted molar refractivity (Wildman–Crippen MR) is 47.9 cm³/mol. The summed E-state index contributed by atoms with van der Waals surface area (Å²) in [5.74, 6) is 0.705. The first-order chi connectivity index (χ1) is 6.16. The fraction of sp³-hybridized carbons (Fsp3) is 0.300. The van der Waals surface area contributed by atoms with Crippen LogP contribution >= 0.6 is 0 Å². The number of phenolic OH excluding ortho intramolecular Hbond substituents is 2. The van der Waals surface area contributed by atoms with E-state index in [2.05, 4.69) is 0 Å². The summed E-state index contributed by atoms with van der Waals surface area (Å²) >= 11 is 0. The molecule has 1 atom stereocenters. The second-order valence-electron chi connectivity index (χ2n) is 3.20. The Morgan fingerprint density at radius 2 is 2.14 bits per heavy atom. The van der Waals surface area contributed by atoms with Crippen LogP contribution in [0.4, 0.5) is 0 Å². The molecule has 0 aliphatic carbocycles. The van der Waals surface area contributed by atoms with E-state index in [1.165, 1.54) is 12.1 Å². The van der Waals surface area contributed by atoms with Gasteiger partial charge in [0, 0.05) is 50.4 Å². The molecule has 1 aliphatic rings. The molecule has 0 spiro atoms. The van der Waals surface area contributed by atoms with E-state index in [0.29, 0.717) is 12.2 Å². The summed E-state index contributed by atoms with van der Waals surface area (Å²) in [5, 5.41) is 18.7. The van der Waals surface area contributed by atoms with Crippen molar-refractivity contribution in [3.8, 4) is 17.2 Å². The first-order valence-corrected chi connectivity index (χ1v) is 4.21. The molecule has 1 aliphatic heterocycles. The molecule has 14 heavy (non-hydrogen) atoms. The van der Waals surface area contributed by atoms with Gasteiger partial charge in [0.2, 0.25) is 0 Å². The Balaban J connectivity index is 0.000000980. The number of aromatic hydroxyl groups is 2. The number of benzene rings is 1. The number of hydrogen-bond donors (Lipinski definition) is 2. The largest absolute Gasteiger partial charge is 0.522 e. The quantitative estimate of drug-likeness (QED) is 0.703. The Hall–Kier alpha value is -0.276. The maximum Gasteiger partial charge on any atom is 0.123 e. The van der Waals surface area contributed by atoms with Gasteiger partial charge < -0.3 is 14.9 Å². The fourth-order valence-corrected chi connectivity index (χ4v) is 1.46. The van der Waals surface area contributed by atoms with Crippen molar-refractivity contribution in [3.63, 3.8) is 0 Å². The molecule has 0 bridgehead atoms. The maximum absolute atomic E-state index is 9.46. The van der Waals surface area contributed by atoms with Crippen molar-refractivity contribution < 1.29 is 47.7 Å². The van der Waals surface area contributed by atoms with Gasteiger partial charge in [0.05, 0.1) is 0 Å². The zero-order valence-electron chi connectivity index (χ0n) is 7.90. The van der Waals surface area contributed by atoms with Crippen molar-refractivity contribution in [2.24, 2.45) is 0 Å². The summed E-state index contributed by atoms with van der Waals surface area (Å²) in [6.45, 7) is 1.92. The smallest absolute Gasteiger partial charge is 0.123 e. The van der Waals surface area contributed by atoms with Crippen LogP contribution in [0.3, 0.4) is 0 Å². The third kappa shape index (κ3) is 2.21. The molecule has 1 heterocycles. The van der Waals surface area contributed by atoms with Crippen molar-refractivity contribution in [1.29, 1.82) is 0 Å². The van der Waals surface area contributed by atoms with Crippen LogP contribution in [0.5, 0.6) is 17.2 Å². The Bertz CT molecular complexity index is 338. The van der Waals surface area contributed by atoms with Crippen molar-refractivity contribution in [2.45, 2.75) is 19.4 Å². The Morgan fingerprint density at radius 1 is 1.43 bits per heavy atom. The first-order valence-electron chi connectivity index (χ1n) is 4.21. The second kappa shape index (κ2) is 4.50. The molecule has 0 aromatic heterocycles. The SMILES string of the molecule is CC1[CH-]Cc2c(O)cc(O)cc2O1.[Y]. The van der Waals surface area contributed by atoms with Crippen LogP contribution in [0.25, 0.3) is 0 Å². The van der Waals surface area contributed by atoms with Gasteiger partial charge in [-0.2, -0.15) is 0 Å². The number of phenols is 2. The third-order valence-electron chi connectivity index (χ3n) is 2.14. The fourth-order valence-electron chi connectivity index (χ4n) is 1.46. The molecule has 0 amide bonds. The molecule has 3 nitrogen and oxygen atoms in total. The van der Waals surface area contributed by atoms with Gasteiger partial charge in [-0.05, 0) is 6.10 Å². The number of hydrogen-bond acceptors (Lipinski definition) is 3. The normalized spacial score (nSPS) is 19.1. The molecule has 1 radical (unpaired) electrons. The summed E-state index contributed by atoms with van der Waals surface area (Å²) < 4.78 is 5.42. The van der Waals surface area contributed by atoms with Gasteiger partial charge in [-0.1, -0.05) is 6.92 Å². The van der Waals surface area contributed by atoms with Crippen LogP contribution in [0.15, 0.2) is 12.1 Å². The maximum atomic E-state index is 9.46. The van der Waals surface area contributed by atoms with E-state index in [0.717, 1.165) is 5.56 Å². The molecule has 0 saturated carbocycles. The monoisotopic (exact) mass is 268 g/mol. The van der Waals surface area contributed by atoms with E-state index in [-0.39, 0.29) is 50.3 Å². The van der Waals surface area contributed by atoms with Gasteiger partial charge in [0.25, 0.3) is 0 Å².